The number of halogens is 1. The third kappa shape index (κ3) is 5.51. The Morgan fingerprint density at radius 2 is 1.63 bits per heavy atom. The Hall–Kier alpha value is -2.96. The molecule has 7 heteroatoms. The molecule has 0 aliphatic carbocycles. The van der Waals surface area contributed by atoms with Gasteiger partial charge in [-0.25, -0.2) is 4.39 Å². The molecule has 0 aliphatic rings. The summed E-state index contributed by atoms with van der Waals surface area (Å²) in [4.78, 5) is 12.3. The maximum absolute atomic E-state index is 12.9. The number of amides is 1. The summed E-state index contributed by atoms with van der Waals surface area (Å²) in [5.74, 6) is 1.07. The predicted octanol–water partition coefficient (Wildman–Crippen LogP) is 3.01. The molecule has 0 saturated heterocycles. The molecular formula is C20H25FN2O4. The number of benzene rings is 2. The molecule has 1 unspecified atom stereocenters. The van der Waals surface area contributed by atoms with E-state index in [2.05, 4.69) is 10.6 Å². The van der Waals surface area contributed by atoms with Gasteiger partial charge in [0.25, 0.3) is 0 Å². The van der Waals surface area contributed by atoms with E-state index in [1.807, 2.05) is 0 Å². The fraction of sp³-hybridized carbons (Fsp3) is 0.350. The molecule has 0 radical (unpaired) electrons. The number of rotatable bonds is 9. The van der Waals surface area contributed by atoms with Gasteiger partial charge in [-0.1, -0.05) is 12.1 Å². The van der Waals surface area contributed by atoms with Crippen molar-refractivity contribution >= 4 is 11.6 Å². The molecule has 0 aromatic heterocycles. The van der Waals surface area contributed by atoms with Crippen molar-refractivity contribution in [2.24, 2.45) is 0 Å². The van der Waals surface area contributed by atoms with Crippen LogP contribution in [0.15, 0.2) is 36.4 Å². The standard InChI is InChI=1S/C20H25FN2O4/c1-13(20(24)22-10-9-14-5-7-15(21)8-6-14)23-16-11-17(25-2)19(27-4)18(12-16)26-3/h5-8,11-13,23H,9-10H2,1-4H3,(H,22,24). The van der Waals surface area contributed by atoms with Crippen molar-refractivity contribution in [1.82, 2.24) is 5.32 Å². The van der Waals surface area contributed by atoms with Gasteiger partial charge in [0.05, 0.1) is 21.3 Å². The molecule has 0 bridgehead atoms. The minimum atomic E-state index is -0.471. The second-order valence-electron chi connectivity index (χ2n) is 5.95. The summed E-state index contributed by atoms with van der Waals surface area (Å²) in [6.07, 6.45) is 0.628. The van der Waals surface area contributed by atoms with Crippen LogP contribution >= 0.6 is 0 Å². The van der Waals surface area contributed by atoms with E-state index in [9.17, 15) is 9.18 Å². The van der Waals surface area contributed by atoms with E-state index >= 15 is 0 Å². The van der Waals surface area contributed by atoms with E-state index in [1.165, 1.54) is 33.5 Å². The Morgan fingerprint density at radius 1 is 1.04 bits per heavy atom. The van der Waals surface area contributed by atoms with Crippen molar-refractivity contribution < 1.29 is 23.4 Å². The van der Waals surface area contributed by atoms with Crippen molar-refractivity contribution in [2.45, 2.75) is 19.4 Å². The van der Waals surface area contributed by atoms with Gasteiger partial charge in [-0.05, 0) is 31.0 Å². The number of nitrogens with one attached hydrogen (secondary N) is 2. The fourth-order valence-electron chi connectivity index (χ4n) is 2.61. The Kier molecular flexibility index (Phi) is 7.28. The number of carbonyl (C=O) groups excluding carboxylic acids is 1. The van der Waals surface area contributed by atoms with E-state index in [0.29, 0.717) is 35.9 Å². The number of methoxy groups -OCH3 is 3. The van der Waals surface area contributed by atoms with Gasteiger partial charge in [-0.2, -0.15) is 0 Å². The van der Waals surface area contributed by atoms with Gasteiger partial charge in [0.1, 0.15) is 11.9 Å². The lowest BCUT2D eigenvalue weighted by atomic mass is 10.1. The lowest BCUT2D eigenvalue weighted by Gasteiger charge is -2.18. The van der Waals surface area contributed by atoms with E-state index in [0.717, 1.165) is 5.56 Å². The molecule has 6 nitrogen and oxygen atoms in total. The van der Waals surface area contributed by atoms with Crippen LogP contribution in [0.5, 0.6) is 17.2 Å². The highest BCUT2D eigenvalue weighted by Gasteiger charge is 2.17. The normalized spacial score (nSPS) is 11.4. The molecular weight excluding hydrogens is 351 g/mol. The first-order chi connectivity index (χ1) is 13.0. The molecule has 1 amide bonds. The van der Waals surface area contributed by atoms with Gasteiger partial charge >= 0.3 is 0 Å². The Balaban J connectivity index is 1.94. The second-order valence-corrected chi connectivity index (χ2v) is 5.95. The molecule has 2 aromatic carbocycles. The monoisotopic (exact) mass is 376 g/mol. The van der Waals surface area contributed by atoms with Crippen molar-refractivity contribution in [3.63, 3.8) is 0 Å². The molecule has 1 atom stereocenters. The molecule has 0 aliphatic heterocycles. The van der Waals surface area contributed by atoms with E-state index < -0.39 is 6.04 Å². The van der Waals surface area contributed by atoms with Crippen molar-refractivity contribution in [3.8, 4) is 17.2 Å². The Morgan fingerprint density at radius 3 is 2.15 bits per heavy atom. The van der Waals surface area contributed by atoms with Crippen LogP contribution in [-0.2, 0) is 11.2 Å². The number of anilines is 1. The maximum Gasteiger partial charge on any atom is 0.242 e. The Bertz CT molecular complexity index is 740. The molecule has 0 heterocycles. The van der Waals surface area contributed by atoms with Crippen LogP contribution in [0, 0.1) is 5.82 Å². The summed E-state index contributed by atoms with van der Waals surface area (Å²) in [5, 5.41) is 5.98. The zero-order valence-electron chi connectivity index (χ0n) is 16.0. The minimum absolute atomic E-state index is 0.147. The molecule has 0 saturated carbocycles. The summed E-state index contributed by atoms with van der Waals surface area (Å²) in [5.41, 5.74) is 1.63. The largest absolute Gasteiger partial charge is 0.493 e. The van der Waals surface area contributed by atoms with Gasteiger partial charge in [0, 0.05) is 24.4 Å². The zero-order valence-corrected chi connectivity index (χ0v) is 16.0. The van der Waals surface area contributed by atoms with Gasteiger partial charge in [0.15, 0.2) is 11.5 Å². The average molecular weight is 376 g/mol. The topological polar surface area (TPSA) is 68.8 Å². The van der Waals surface area contributed by atoms with Crippen molar-refractivity contribution in [3.05, 3.63) is 47.8 Å². The smallest absolute Gasteiger partial charge is 0.242 e. The Labute approximate surface area is 158 Å². The highest BCUT2D eigenvalue weighted by Crippen LogP contribution is 2.40. The zero-order chi connectivity index (χ0) is 19.8. The van der Waals surface area contributed by atoms with Crippen LogP contribution in [0.4, 0.5) is 10.1 Å². The first-order valence-electron chi connectivity index (χ1n) is 8.57. The molecule has 2 N–H and O–H groups in total. The summed E-state index contributed by atoms with van der Waals surface area (Å²) in [7, 11) is 4.60. The van der Waals surface area contributed by atoms with Crippen LogP contribution in [-0.4, -0.2) is 39.8 Å². The van der Waals surface area contributed by atoms with Gasteiger partial charge in [-0.3, -0.25) is 4.79 Å². The molecule has 2 rings (SSSR count). The lowest BCUT2D eigenvalue weighted by molar-refractivity contribution is -0.121. The number of ether oxygens (including phenoxy) is 3. The van der Waals surface area contributed by atoms with Crippen LogP contribution in [0.1, 0.15) is 12.5 Å². The number of hydrogen-bond acceptors (Lipinski definition) is 5. The molecule has 146 valence electrons. The first-order valence-corrected chi connectivity index (χ1v) is 8.57. The summed E-state index contributed by atoms with van der Waals surface area (Å²) in [6.45, 7) is 2.22. The highest BCUT2D eigenvalue weighted by atomic mass is 19.1. The fourth-order valence-corrected chi connectivity index (χ4v) is 2.61. The summed E-state index contributed by atoms with van der Waals surface area (Å²) >= 11 is 0. The van der Waals surface area contributed by atoms with Crippen LogP contribution < -0.4 is 24.8 Å². The highest BCUT2D eigenvalue weighted by molar-refractivity contribution is 5.84. The van der Waals surface area contributed by atoms with E-state index in [-0.39, 0.29) is 11.7 Å². The third-order valence-electron chi connectivity index (χ3n) is 4.07. The van der Waals surface area contributed by atoms with E-state index in [4.69, 9.17) is 14.2 Å². The SMILES string of the molecule is COc1cc(NC(C)C(=O)NCCc2ccc(F)cc2)cc(OC)c1OC. The molecule has 0 fully saturated rings. The van der Waals surface area contributed by atoms with Gasteiger partial charge < -0.3 is 24.8 Å². The first kappa shape index (κ1) is 20.4. The van der Waals surface area contributed by atoms with Gasteiger partial charge in [-0.15, -0.1) is 0 Å². The van der Waals surface area contributed by atoms with Crippen LogP contribution in [0.3, 0.4) is 0 Å². The molecule has 27 heavy (non-hydrogen) atoms. The van der Waals surface area contributed by atoms with E-state index in [1.54, 1.807) is 31.2 Å². The summed E-state index contributed by atoms with van der Waals surface area (Å²) in [6, 6.07) is 9.24. The number of hydrogen-bond donors (Lipinski definition) is 2. The maximum atomic E-state index is 12.9. The minimum Gasteiger partial charge on any atom is -0.493 e. The second kappa shape index (κ2) is 9.66. The lowest BCUT2D eigenvalue weighted by Crippen LogP contribution is -2.38. The molecule has 2 aromatic rings. The van der Waals surface area contributed by atoms with Crippen LogP contribution in [0.2, 0.25) is 0 Å². The van der Waals surface area contributed by atoms with Gasteiger partial charge in [0.2, 0.25) is 11.7 Å². The quantitative estimate of drug-likeness (QED) is 0.704. The summed E-state index contributed by atoms with van der Waals surface area (Å²) < 4.78 is 28.8. The van der Waals surface area contributed by atoms with Crippen molar-refractivity contribution in [1.29, 1.82) is 0 Å². The molecule has 0 spiro atoms. The van der Waals surface area contributed by atoms with Crippen molar-refractivity contribution in [2.75, 3.05) is 33.2 Å². The predicted molar refractivity (Wildman–Crippen MR) is 102 cm³/mol. The average Bonchev–Trinajstić information content (AvgIpc) is 2.68. The van der Waals surface area contributed by atoms with Crippen LogP contribution in [0.25, 0.3) is 0 Å². The number of carbonyl (C=O) groups is 1. The third-order valence-corrected chi connectivity index (χ3v) is 4.07.